The number of nitrogens with one attached hydrogen (secondary N) is 1. The van der Waals surface area contributed by atoms with E-state index in [4.69, 9.17) is 4.74 Å². The highest BCUT2D eigenvalue weighted by Crippen LogP contribution is 2.28. The molecule has 4 rings (SSSR count). The maximum Gasteiger partial charge on any atom is 0.253 e. The van der Waals surface area contributed by atoms with E-state index in [-0.39, 0.29) is 12.5 Å². The van der Waals surface area contributed by atoms with Crippen LogP contribution in [0, 0.1) is 6.92 Å². The van der Waals surface area contributed by atoms with Gasteiger partial charge in [0.25, 0.3) is 5.91 Å². The van der Waals surface area contributed by atoms with E-state index >= 15 is 0 Å². The van der Waals surface area contributed by atoms with Gasteiger partial charge in [-0.3, -0.25) is 9.78 Å². The Bertz CT molecular complexity index is 799. The number of nitrogens with zero attached hydrogens (tertiary/aromatic N) is 3. The lowest BCUT2D eigenvalue weighted by molar-refractivity contribution is 0.0815. The average Bonchev–Trinajstić information content (AvgIpc) is 2.97. The zero-order chi connectivity index (χ0) is 17.4. The van der Waals surface area contributed by atoms with Crippen molar-refractivity contribution in [3.63, 3.8) is 0 Å². The number of carbonyl (C=O) groups excluding carboxylic acids is 1. The van der Waals surface area contributed by atoms with Crippen LogP contribution in [0.4, 0.5) is 10.2 Å². The minimum Gasteiger partial charge on any atom is -0.486 e. The number of aryl methyl sites for hydroxylation is 1. The molecule has 2 aromatic heterocycles. The minimum atomic E-state index is -1.12. The van der Waals surface area contributed by atoms with Crippen molar-refractivity contribution in [2.24, 2.45) is 0 Å². The predicted octanol–water partition coefficient (Wildman–Crippen LogP) is 2.02. The third-order valence-corrected chi connectivity index (χ3v) is 4.63. The second kappa shape index (κ2) is 6.31. The van der Waals surface area contributed by atoms with Crippen molar-refractivity contribution in [1.29, 1.82) is 0 Å². The lowest BCUT2D eigenvalue weighted by Crippen LogP contribution is -2.47. The zero-order valence-corrected chi connectivity index (χ0v) is 13.9. The molecule has 6 nitrogen and oxygen atoms in total. The van der Waals surface area contributed by atoms with Gasteiger partial charge in [-0.1, -0.05) is 0 Å². The fraction of sp³-hybridized carbons (Fsp3) is 0.389. The second-order valence-electron chi connectivity index (χ2n) is 6.40. The quantitative estimate of drug-likeness (QED) is 0.924. The number of anilines is 1. The number of pyridine rings is 2. The van der Waals surface area contributed by atoms with Gasteiger partial charge in [-0.15, -0.1) is 0 Å². The Kier molecular flexibility index (Phi) is 3.99. The first-order valence-electron chi connectivity index (χ1n) is 8.36. The van der Waals surface area contributed by atoms with Gasteiger partial charge in [0.15, 0.2) is 6.17 Å². The van der Waals surface area contributed by atoms with Crippen molar-refractivity contribution < 1.29 is 13.9 Å². The van der Waals surface area contributed by atoms with Crippen LogP contribution in [0.5, 0.6) is 5.75 Å². The molecule has 0 saturated carbocycles. The number of ether oxygens (including phenoxy) is 1. The van der Waals surface area contributed by atoms with Crippen LogP contribution in [-0.4, -0.2) is 41.2 Å². The molecule has 2 aromatic rings. The van der Waals surface area contributed by atoms with Gasteiger partial charge < -0.3 is 15.0 Å². The molecule has 0 aromatic carbocycles. The molecule has 0 spiro atoms. The van der Waals surface area contributed by atoms with Crippen LogP contribution in [-0.2, 0) is 6.54 Å². The van der Waals surface area contributed by atoms with Crippen molar-refractivity contribution in [1.82, 2.24) is 15.3 Å². The van der Waals surface area contributed by atoms with E-state index in [1.54, 1.807) is 24.5 Å². The molecular weight excluding hydrogens is 323 g/mol. The van der Waals surface area contributed by atoms with Gasteiger partial charge in [0, 0.05) is 19.2 Å². The normalized spacial score (nSPS) is 22.5. The summed E-state index contributed by atoms with van der Waals surface area (Å²) >= 11 is 0. The number of carbonyl (C=O) groups is 1. The highest BCUT2D eigenvalue weighted by molar-refractivity contribution is 5.98. The van der Waals surface area contributed by atoms with E-state index in [0.717, 1.165) is 17.1 Å². The molecule has 7 heteroatoms. The Balaban J connectivity index is 1.49. The van der Waals surface area contributed by atoms with Gasteiger partial charge in [0.2, 0.25) is 0 Å². The summed E-state index contributed by atoms with van der Waals surface area (Å²) in [4.78, 5) is 22.2. The number of aromatic nitrogens is 2. The number of halogens is 1. The number of piperidine rings is 1. The van der Waals surface area contributed by atoms with Crippen LogP contribution in [0.2, 0.25) is 0 Å². The molecule has 25 heavy (non-hydrogen) atoms. The summed E-state index contributed by atoms with van der Waals surface area (Å²) in [6, 6.07) is 5.39. The number of fused-ring (bicyclic) bond motifs is 1. The summed E-state index contributed by atoms with van der Waals surface area (Å²) in [5.74, 6) is 1.24. The van der Waals surface area contributed by atoms with Gasteiger partial charge >= 0.3 is 0 Å². The molecule has 2 atom stereocenters. The number of hydrogen-bond donors (Lipinski definition) is 1. The first-order chi connectivity index (χ1) is 12.1. The molecule has 2 aliphatic rings. The molecule has 1 fully saturated rings. The molecule has 0 aliphatic carbocycles. The van der Waals surface area contributed by atoms with Gasteiger partial charge in [-0.05, 0) is 30.7 Å². The maximum absolute atomic E-state index is 14.7. The lowest BCUT2D eigenvalue weighted by atomic mass is 10.0. The Morgan fingerprint density at radius 3 is 3.08 bits per heavy atom. The van der Waals surface area contributed by atoms with Crippen molar-refractivity contribution in [2.45, 2.75) is 32.2 Å². The molecule has 4 heterocycles. The molecule has 0 radical (unpaired) electrons. The summed E-state index contributed by atoms with van der Waals surface area (Å²) in [6.45, 7) is 3.21. The van der Waals surface area contributed by atoms with Crippen LogP contribution in [0.1, 0.15) is 28.0 Å². The van der Waals surface area contributed by atoms with Gasteiger partial charge in [0.1, 0.15) is 17.7 Å². The van der Waals surface area contributed by atoms with E-state index in [9.17, 15) is 9.18 Å². The molecule has 130 valence electrons. The van der Waals surface area contributed by atoms with Gasteiger partial charge in [-0.2, -0.15) is 0 Å². The maximum atomic E-state index is 14.7. The molecule has 1 amide bonds. The SMILES string of the molecule is Cc1cc2c(nc1N1CCC(Oc3cccnc3)[C@@H](F)C1)CNC2=O. The Labute approximate surface area is 145 Å². The minimum absolute atomic E-state index is 0.0934. The van der Waals surface area contributed by atoms with E-state index in [2.05, 4.69) is 15.3 Å². The summed E-state index contributed by atoms with van der Waals surface area (Å²) in [5, 5.41) is 2.77. The van der Waals surface area contributed by atoms with E-state index in [1.807, 2.05) is 17.9 Å². The third-order valence-electron chi connectivity index (χ3n) is 4.63. The Morgan fingerprint density at radius 2 is 2.32 bits per heavy atom. The largest absolute Gasteiger partial charge is 0.486 e. The van der Waals surface area contributed by atoms with E-state index in [1.165, 1.54) is 0 Å². The fourth-order valence-electron chi connectivity index (χ4n) is 3.35. The van der Waals surface area contributed by atoms with Crippen LogP contribution in [0.15, 0.2) is 30.6 Å². The van der Waals surface area contributed by atoms with Crippen LogP contribution >= 0.6 is 0 Å². The Morgan fingerprint density at radius 1 is 1.44 bits per heavy atom. The van der Waals surface area contributed by atoms with Crippen LogP contribution < -0.4 is 15.0 Å². The second-order valence-corrected chi connectivity index (χ2v) is 6.40. The van der Waals surface area contributed by atoms with E-state index < -0.39 is 12.3 Å². The first-order valence-corrected chi connectivity index (χ1v) is 8.36. The standard InChI is InChI=1S/C18H19FN4O2/c1-11-7-13-15(9-21-18(13)24)22-17(11)23-6-4-16(14(19)10-23)25-12-3-2-5-20-8-12/h2-3,5,7-8,14,16H,4,6,9-10H2,1H3,(H,21,24)/t14-,16?/m0/s1. The number of hydrogen-bond acceptors (Lipinski definition) is 5. The average molecular weight is 342 g/mol. The Hall–Kier alpha value is -2.70. The number of alkyl halides is 1. The van der Waals surface area contributed by atoms with Crippen molar-refractivity contribution in [3.05, 3.63) is 47.4 Å². The molecule has 1 unspecified atom stereocenters. The first kappa shape index (κ1) is 15.8. The highest BCUT2D eigenvalue weighted by Gasteiger charge is 2.33. The number of amides is 1. The highest BCUT2D eigenvalue weighted by atomic mass is 19.1. The lowest BCUT2D eigenvalue weighted by Gasteiger charge is -2.36. The topological polar surface area (TPSA) is 67.3 Å². The number of rotatable bonds is 3. The monoisotopic (exact) mass is 342 g/mol. The smallest absolute Gasteiger partial charge is 0.253 e. The predicted molar refractivity (Wildman–Crippen MR) is 90.5 cm³/mol. The van der Waals surface area contributed by atoms with Crippen LogP contribution in [0.3, 0.4) is 0 Å². The summed E-state index contributed by atoms with van der Waals surface area (Å²) in [6.07, 6.45) is 2.20. The molecule has 0 bridgehead atoms. The van der Waals surface area contributed by atoms with Crippen LogP contribution in [0.25, 0.3) is 0 Å². The summed E-state index contributed by atoms with van der Waals surface area (Å²) in [7, 11) is 0. The van der Waals surface area contributed by atoms with Crippen molar-refractivity contribution >= 4 is 11.7 Å². The van der Waals surface area contributed by atoms with Crippen molar-refractivity contribution in [3.8, 4) is 5.75 Å². The fourth-order valence-corrected chi connectivity index (χ4v) is 3.35. The summed E-state index contributed by atoms with van der Waals surface area (Å²) < 4.78 is 20.4. The van der Waals surface area contributed by atoms with Crippen molar-refractivity contribution in [2.75, 3.05) is 18.0 Å². The van der Waals surface area contributed by atoms with Gasteiger partial charge in [-0.25, -0.2) is 9.37 Å². The van der Waals surface area contributed by atoms with Gasteiger partial charge in [0.05, 0.1) is 30.5 Å². The molecule has 2 aliphatic heterocycles. The zero-order valence-electron chi connectivity index (χ0n) is 13.9. The molecule has 1 N–H and O–H groups in total. The summed E-state index contributed by atoms with van der Waals surface area (Å²) in [5.41, 5.74) is 2.23. The molecular formula is C18H19FN4O2. The molecule has 1 saturated heterocycles. The van der Waals surface area contributed by atoms with E-state index in [0.29, 0.717) is 30.8 Å². The third kappa shape index (κ3) is 3.01.